The Kier molecular flexibility index (Phi) is 6.62. The van der Waals surface area contributed by atoms with Crippen molar-refractivity contribution >= 4 is 23.6 Å². The number of aliphatic hydroxyl groups is 1. The van der Waals surface area contributed by atoms with Crippen LogP contribution < -0.4 is 5.32 Å². The van der Waals surface area contributed by atoms with Crippen LogP contribution in [0.25, 0.3) is 6.08 Å². The van der Waals surface area contributed by atoms with E-state index in [4.69, 9.17) is 0 Å². The zero-order valence-corrected chi connectivity index (χ0v) is 12.7. The molecule has 5 nitrogen and oxygen atoms in total. The van der Waals surface area contributed by atoms with Gasteiger partial charge >= 0.3 is 0 Å². The highest BCUT2D eigenvalue weighted by Crippen LogP contribution is 2.10. The van der Waals surface area contributed by atoms with Crippen molar-refractivity contribution in [3.63, 3.8) is 0 Å². The molecule has 0 spiro atoms. The molecule has 2 amide bonds. The maximum absolute atomic E-state index is 11.8. The van der Waals surface area contributed by atoms with Gasteiger partial charge in [-0.2, -0.15) is 0 Å². The predicted octanol–water partition coefficient (Wildman–Crippen LogP) is 1.89. The van der Waals surface area contributed by atoms with Gasteiger partial charge in [0.25, 0.3) is 0 Å². The quantitative estimate of drug-likeness (QED) is 0.786. The first-order valence-corrected chi connectivity index (χ1v) is 6.87. The van der Waals surface area contributed by atoms with E-state index >= 15 is 0 Å². The highest BCUT2D eigenvalue weighted by atomic mass is 16.3. The van der Waals surface area contributed by atoms with Gasteiger partial charge in [0.2, 0.25) is 11.8 Å². The third-order valence-corrected chi connectivity index (χ3v) is 2.91. The molecule has 0 aliphatic heterocycles. The molecular formula is C16H22N2O3. The van der Waals surface area contributed by atoms with Crippen LogP contribution in [0.2, 0.25) is 0 Å². The van der Waals surface area contributed by atoms with Crippen LogP contribution in [0.4, 0.5) is 5.69 Å². The Bertz CT molecular complexity index is 507. The molecule has 1 aromatic carbocycles. The van der Waals surface area contributed by atoms with E-state index < -0.39 is 6.10 Å². The van der Waals surface area contributed by atoms with E-state index in [1.807, 2.05) is 12.1 Å². The molecule has 1 unspecified atom stereocenters. The number of carbonyl (C=O) groups excluding carboxylic acids is 2. The lowest BCUT2D eigenvalue weighted by Gasteiger charge is -2.15. The number of amides is 2. The number of carbonyl (C=O) groups is 2. The van der Waals surface area contributed by atoms with Gasteiger partial charge in [-0.1, -0.05) is 12.1 Å². The van der Waals surface area contributed by atoms with Crippen molar-refractivity contribution in [3.05, 3.63) is 35.9 Å². The Balaban J connectivity index is 2.55. The zero-order valence-electron chi connectivity index (χ0n) is 12.7. The lowest BCUT2D eigenvalue weighted by atomic mass is 10.2. The molecule has 0 saturated carbocycles. The molecule has 1 aromatic rings. The van der Waals surface area contributed by atoms with E-state index in [0.29, 0.717) is 13.0 Å². The molecule has 0 fully saturated rings. The van der Waals surface area contributed by atoms with Crippen LogP contribution >= 0.6 is 0 Å². The number of nitrogens with one attached hydrogen (secondary N) is 1. The topological polar surface area (TPSA) is 69.6 Å². The Labute approximate surface area is 125 Å². The predicted molar refractivity (Wildman–Crippen MR) is 83.7 cm³/mol. The maximum Gasteiger partial charge on any atom is 0.246 e. The monoisotopic (exact) mass is 290 g/mol. The minimum absolute atomic E-state index is 0.110. The van der Waals surface area contributed by atoms with Gasteiger partial charge < -0.3 is 15.3 Å². The Morgan fingerprint density at radius 2 is 1.95 bits per heavy atom. The molecule has 0 aromatic heterocycles. The fourth-order valence-corrected chi connectivity index (χ4v) is 1.67. The van der Waals surface area contributed by atoms with Crippen molar-refractivity contribution in [1.29, 1.82) is 0 Å². The second-order valence-electron chi connectivity index (χ2n) is 5.03. The number of rotatable bonds is 6. The first-order chi connectivity index (χ1) is 9.88. The van der Waals surface area contributed by atoms with Gasteiger partial charge in [0.1, 0.15) is 0 Å². The summed E-state index contributed by atoms with van der Waals surface area (Å²) in [5.41, 5.74) is 1.60. The summed E-state index contributed by atoms with van der Waals surface area (Å²) in [7, 11) is 1.70. The number of benzene rings is 1. The second-order valence-corrected chi connectivity index (χ2v) is 5.03. The summed E-state index contributed by atoms with van der Waals surface area (Å²) in [6.45, 7) is 3.67. The first kappa shape index (κ1) is 16.9. The van der Waals surface area contributed by atoms with Crippen LogP contribution in [0.5, 0.6) is 0 Å². The number of anilines is 1. The molecule has 21 heavy (non-hydrogen) atoms. The fourth-order valence-electron chi connectivity index (χ4n) is 1.67. The van der Waals surface area contributed by atoms with Crippen molar-refractivity contribution in [2.24, 2.45) is 0 Å². The molecule has 0 aliphatic carbocycles. The molecule has 0 radical (unpaired) electrons. The number of hydrogen-bond donors (Lipinski definition) is 2. The van der Waals surface area contributed by atoms with Gasteiger partial charge in [-0.3, -0.25) is 9.59 Å². The Morgan fingerprint density at radius 1 is 1.33 bits per heavy atom. The summed E-state index contributed by atoms with van der Waals surface area (Å²) in [5, 5.41) is 11.9. The highest BCUT2D eigenvalue weighted by Gasteiger charge is 2.06. The molecule has 0 aliphatic rings. The van der Waals surface area contributed by atoms with Crippen LogP contribution in [0.15, 0.2) is 30.3 Å². The highest BCUT2D eigenvalue weighted by molar-refractivity contribution is 5.92. The number of nitrogens with zero attached hydrogens (tertiary/aromatic N) is 1. The van der Waals surface area contributed by atoms with Crippen LogP contribution in [-0.4, -0.2) is 41.5 Å². The smallest absolute Gasteiger partial charge is 0.246 e. The minimum atomic E-state index is -0.412. The lowest BCUT2D eigenvalue weighted by molar-refractivity contribution is -0.125. The van der Waals surface area contributed by atoms with Crippen molar-refractivity contribution < 1.29 is 14.7 Å². The fraction of sp³-hybridized carbons (Fsp3) is 0.375. The number of likely N-dealkylation sites (N-methyl/N-ethyl adjacent to an activating group) is 1. The number of hydrogen-bond acceptors (Lipinski definition) is 3. The normalized spacial score (nSPS) is 12.2. The summed E-state index contributed by atoms with van der Waals surface area (Å²) in [6.07, 6.45) is 3.36. The molecule has 5 heteroatoms. The largest absolute Gasteiger partial charge is 0.393 e. The SMILES string of the molecule is CC(=O)Nc1ccc(/C=C/C(=O)N(C)CCC(C)O)cc1. The molecule has 1 atom stereocenters. The van der Waals surface area contributed by atoms with Crippen molar-refractivity contribution in [2.45, 2.75) is 26.4 Å². The molecule has 0 heterocycles. The Hall–Kier alpha value is -2.14. The third-order valence-electron chi connectivity index (χ3n) is 2.91. The van der Waals surface area contributed by atoms with E-state index in [1.165, 1.54) is 13.0 Å². The average molecular weight is 290 g/mol. The Morgan fingerprint density at radius 3 is 2.48 bits per heavy atom. The zero-order chi connectivity index (χ0) is 15.8. The van der Waals surface area contributed by atoms with Gasteiger partial charge in [0.05, 0.1) is 6.10 Å². The lowest BCUT2D eigenvalue weighted by Crippen LogP contribution is -2.27. The van der Waals surface area contributed by atoms with Gasteiger partial charge in [-0.25, -0.2) is 0 Å². The summed E-state index contributed by atoms with van der Waals surface area (Å²) in [5.74, 6) is -0.227. The number of aliphatic hydroxyl groups excluding tert-OH is 1. The van der Waals surface area contributed by atoms with E-state index in [-0.39, 0.29) is 11.8 Å². The molecule has 2 N–H and O–H groups in total. The van der Waals surface area contributed by atoms with Crippen molar-refractivity contribution in [1.82, 2.24) is 4.90 Å². The van der Waals surface area contributed by atoms with Gasteiger partial charge in [0, 0.05) is 32.3 Å². The summed E-state index contributed by atoms with van der Waals surface area (Å²) in [4.78, 5) is 24.3. The van der Waals surface area contributed by atoms with Crippen LogP contribution in [0, 0.1) is 0 Å². The minimum Gasteiger partial charge on any atom is -0.393 e. The molecule has 0 bridgehead atoms. The standard InChI is InChI=1S/C16H22N2O3/c1-12(19)10-11-18(3)16(21)9-6-14-4-7-15(8-5-14)17-13(2)20/h4-9,12,19H,10-11H2,1-3H3,(H,17,20)/b9-6+. The van der Waals surface area contributed by atoms with Gasteiger partial charge in [-0.05, 0) is 37.1 Å². The van der Waals surface area contributed by atoms with Gasteiger partial charge in [-0.15, -0.1) is 0 Å². The van der Waals surface area contributed by atoms with E-state index in [0.717, 1.165) is 11.3 Å². The molecule has 0 saturated heterocycles. The summed E-state index contributed by atoms with van der Waals surface area (Å²) < 4.78 is 0. The maximum atomic E-state index is 11.8. The second kappa shape index (κ2) is 8.21. The van der Waals surface area contributed by atoms with E-state index in [2.05, 4.69) is 5.32 Å². The molecule has 1 rings (SSSR count). The van der Waals surface area contributed by atoms with Gasteiger partial charge in [0.15, 0.2) is 0 Å². The average Bonchev–Trinajstić information content (AvgIpc) is 2.43. The van der Waals surface area contributed by atoms with E-state index in [9.17, 15) is 14.7 Å². The van der Waals surface area contributed by atoms with Crippen LogP contribution in [0.3, 0.4) is 0 Å². The van der Waals surface area contributed by atoms with Crippen LogP contribution in [-0.2, 0) is 9.59 Å². The third kappa shape index (κ3) is 6.72. The summed E-state index contributed by atoms with van der Waals surface area (Å²) >= 11 is 0. The van der Waals surface area contributed by atoms with Crippen molar-refractivity contribution in [2.75, 3.05) is 18.9 Å². The van der Waals surface area contributed by atoms with E-state index in [1.54, 1.807) is 37.1 Å². The van der Waals surface area contributed by atoms with Crippen LogP contribution in [0.1, 0.15) is 25.8 Å². The first-order valence-electron chi connectivity index (χ1n) is 6.87. The van der Waals surface area contributed by atoms with Crippen molar-refractivity contribution in [3.8, 4) is 0 Å². The summed E-state index contributed by atoms with van der Waals surface area (Å²) in [6, 6.07) is 7.21. The molecular weight excluding hydrogens is 268 g/mol. The molecule has 114 valence electrons.